The average Bonchev–Trinajstić information content (AvgIpc) is 3.40. The van der Waals surface area contributed by atoms with Gasteiger partial charge in [-0.3, -0.25) is 25.7 Å². The molecule has 1 aliphatic heterocycles. The van der Waals surface area contributed by atoms with Crippen molar-refractivity contribution in [2.75, 3.05) is 19.1 Å². The number of amides is 1. The quantitative estimate of drug-likeness (QED) is 0.180. The van der Waals surface area contributed by atoms with Gasteiger partial charge in [0.2, 0.25) is 0 Å². The Kier molecular flexibility index (Phi) is 8.32. The van der Waals surface area contributed by atoms with Gasteiger partial charge in [0.15, 0.2) is 0 Å². The smallest absolute Gasteiger partial charge is 0.415 e. The summed E-state index contributed by atoms with van der Waals surface area (Å²) < 4.78 is 11.3. The molecule has 2 atom stereocenters. The van der Waals surface area contributed by atoms with Crippen LogP contribution < -0.4 is 14.9 Å². The number of methoxy groups -OCH3 is 1. The summed E-state index contributed by atoms with van der Waals surface area (Å²) in [5, 5.41) is 26.7. The number of likely N-dealkylation sites (tertiary alicyclic amines) is 1. The molecule has 1 amide bonds. The van der Waals surface area contributed by atoms with Crippen LogP contribution in [0.2, 0.25) is 0 Å². The van der Waals surface area contributed by atoms with Gasteiger partial charge in [0, 0.05) is 36.7 Å². The van der Waals surface area contributed by atoms with Crippen molar-refractivity contribution in [2.24, 2.45) is 5.10 Å². The topological polar surface area (TPSA) is 149 Å². The van der Waals surface area contributed by atoms with Crippen LogP contribution in [0.5, 0.6) is 11.5 Å². The molecule has 1 N–H and O–H groups in total. The highest BCUT2D eigenvalue weighted by Crippen LogP contribution is 2.50. The zero-order chi connectivity index (χ0) is 29.7. The highest BCUT2D eigenvalue weighted by atomic mass is 16.6. The molecule has 3 aromatic rings. The Balaban J connectivity index is 1.39. The van der Waals surface area contributed by atoms with E-state index in [0.717, 1.165) is 49.3 Å². The van der Waals surface area contributed by atoms with Crippen molar-refractivity contribution in [3.63, 3.8) is 0 Å². The van der Waals surface area contributed by atoms with Crippen LogP contribution in [0.3, 0.4) is 0 Å². The van der Waals surface area contributed by atoms with Crippen LogP contribution in [0.25, 0.3) is 0 Å². The lowest BCUT2D eigenvalue weighted by Crippen LogP contribution is -2.48. The molecule has 0 aromatic heterocycles. The molecule has 1 heterocycles. The Labute approximate surface area is 242 Å². The molecule has 0 unspecified atom stereocenters. The third-order valence-corrected chi connectivity index (χ3v) is 8.18. The first-order valence-corrected chi connectivity index (χ1v) is 13.7. The first-order chi connectivity index (χ1) is 20.3. The van der Waals surface area contributed by atoms with Gasteiger partial charge in [-0.15, -0.1) is 0 Å². The number of carbonyl (C=O) groups is 1. The number of hydrazone groups is 1. The third-order valence-electron chi connectivity index (χ3n) is 8.18. The van der Waals surface area contributed by atoms with Crippen LogP contribution in [0, 0.1) is 20.2 Å². The van der Waals surface area contributed by atoms with Gasteiger partial charge >= 0.3 is 11.8 Å². The van der Waals surface area contributed by atoms with E-state index < -0.39 is 15.5 Å². The minimum absolute atomic E-state index is 0.0360. The zero-order valence-corrected chi connectivity index (χ0v) is 23.1. The fourth-order valence-electron chi connectivity index (χ4n) is 6.22. The minimum atomic E-state index is -0.691. The van der Waals surface area contributed by atoms with E-state index in [-0.39, 0.29) is 28.9 Å². The Bertz CT molecular complexity index is 1510. The normalized spacial score (nSPS) is 19.7. The molecule has 42 heavy (non-hydrogen) atoms. The molecule has 218 valence electrons. The van der Waals surface area contributed by atoms with E-state index in [1.165, 1.54) is 12.1 Å². The predicted octanol–water partition coefficient (Wildman–Crippen LogP) is 6.24. The fraction of sp³-hybridized carbons (Fsp3) is 0.333. The summed E-state index contributed by atoms with van der Waals surface area (Å²) >= 11 is 0. The second kappa shape index (κ2) is 12.2. The van der Waals surface area contributed by atoms with Gasteiger partial charge in [0.1, 0.15) is 17.2 Å². The molecule has 0 radical (unpaired) electrons. The number of nitrogens with one attached hydrogen (secondary N) is 1. The predicted molar refractivity (Wildman–Crippen MR) is 156 cm³/mol. The molecule has 5 rings (SSSR count). The van der Waals surface area contributed by atoms with E-state index >= 15 is 0 Å². The van der Waals surface area contributed by atoms with Gasteiger partial charge in [-0.05, 0) is 60.7 Å². The molecular weight excluding hydrogens is 542 g/mol. The van der Waals surface area contributed by atoms with Crippen LogP contribution in [-0.4, -0.2) is 46.8 Å². The van der Waals surface area contributed by atoms with Crippen molar-refractivity contribution in [3.8, 4) is 11.5 Å². The lowest BCUT2D eigenvalue weighted by Gasteiger charge is -2.43. The SMILES string of the molecule is COc1ccc(C/C=N/Nc2ccc([N+](=O)[O-])cc2[N+](=O)[O-])c([C@@]23CCCC[C@H]2N(C(=O)Oc2ccccc2)CC3)c1. The summed E-state index contributed by atoms with van der Waals surface area (Å²) in [5.74, 6) is 1.23. The number of fused-ring (bicyclic) bond motifs is 1. The third kappa shape index (κ3) is 5.73. The summed E-state index contributed by atoms with van der Waals surface area (Å²) in [6.07, 6.45) is 6.28. The van der Waals surface area contributed by atoms with Crippen LogP contribution in [0.15, 0.2) is 71.8 Å². The maximum absolute atomic E-state index is 13.3. The molecule has 0 bridgehead atoms. The van der Waals surface area contributed by atoms with Crippen LogP contribution in [0.1, 0.15) is 43.2 Å². The lowest BCUT2D eigenvalue weighted by molar-refractivity contribution is -0.393. The summed E-state index contributed by atoms with van der Waals surface area (Å²) in [4.78, 5) is 36.3. The van der Waals surface area contributed by atoms with Crippen LogP contribution >= 0.6 is 0 Å². The van der Waals surface area contributed by atoms with E-state index in [4.69, 9.17) is 9.47 Å². The Morgan fingerprint density at radius 2 is 1.86 bits per heavy atom. The summed E-state index contributed by atoms with van der Waals surface area (Å²) in [7, 11) is 1.62. The second-order valence-electron chi connectivity index (χ2n) is 10.4. The highest BCUT2D eigenvalue weighted by molar-refractivity contribution is 5.73. The number of carbonyl (C=O) groups excluding carboxylic acids is 1. The summed E-state index contributed by atoms with van der Waals surface area (Å²) in [6.45, 7) is 0.576. The van der Waals surface area contributed by atoms with E-state index in [2.05, 4.69) is 10.5 Å². The van der Waals surface area contributed by atoms with Gasteiger partial charge in [-0.2, -0.15) is 5.10 Å². The maximum Gasteiger partial charge on any atom is 0.415 e. The Morgan fingerprint density at radius 3 is 2.60 bits per heavy atom. The largest absolute Gasteiger partial charge is 0.497 e. The fourth-order valence-corrected chi connectivity index (χ4v) is 6.22. The molecule has 12 heteroatoms. The maximum atomic E-state index is 13.3. The van der Waals surface area contributed by atoms with Crippen LogP contribution in [0.4, 0.5) is 21.9 Å². The van der Waals surface area contributed by atoms with Crippen molar-refractivity contribution < 1.29 is 24.1 Å². The van der Waals surface area contributed by atoms with Crippen molar-refractivity contribution in [3.05, 3.63) is 98.1 Å². The summed E-state index contributed by atoms with van der Waals surface area (Å²) in [5.41, 5.74) is 3.70. The number of hydrogen-bond donors (Lipinski definition) is 1. The molecule has 2 aliphatic rings. The number of nitro groups is 2. The molecule has 0 spiro atoms. The number of nitrogens with zero attached hydrogens (tertiary/aromatic N) is 4. The molecule has 2 fully saturated rings. The van der Waals surface area contributed by atoms with Crippen molar-refractivity contribution in [1.82, 2.24) is 4.90 Å². The lowest BCUT2D eigenvalue weighted by atomic mass is 9.65. The Hall–Kier alpha value is -5.00. The van der Waals surface area contributed by atoms with Crippen molar-refractivity contribution >= 4 is 29.4 Å². The van der Waals surface area contributed by atoms with Gasteiger partial charge in [-0.25, -0.2) is 4.79 Å². The average molecular weight is 574 g/mol. The number of nitro benzene ring substituents is 2. The molecule has 1 saturated carbocycles. The molecule has 12 nitrogen and oxygen atoms in total. The van der Waals surface area contributed by atoms with Crippen molar-refractivity contribution in [1.29, 1.82) is 0 Å². The van der Waals surface area contributed by atoms with Gasteiger partial charge in [0.25, 0.3) is 5.69 Å². The van der Waals surface area contributed by atoms with E-state index in [1.54, 1.807) is 25.5 Å². The summed E-state index contributed by atoms with van der Waals surface area (Å²) in [6, 6.07) is 18.3. The van der Waals surface area contributed by atoms with E-state index in [1.807, 2.05) is 41.3 Å². The highest BCUT2D eigenvalue weighted by Gasteiger charge is 2.52. The first-order valence-electron chi connectivity index (χ1n) is 13.7. The number of non-ortho nitro benzene ring substituents is 1. The number of benzene rings is 3. The molecule has 1 aliphatic carbocycles. The minimum Gasteiger partial charge on any atom is -0.497 e. The van der Waals surface area contributed by atoms with Crippen molar-refractivity contribution in [2.45, 2.75) is 50.0 Å². The van der Waals surface area contributed by atoms with Gasteiger partial charge < -0.3 is 14.4 Å². The number of para-hydroxylation sites is 1. The molecule has 3 aromatic carbocycles. The number of hydrogen-bond acceptors (Lipinski definition) is 9. The monoisotopic (exact) mass is 573 g/mol. The second-order valence-corrected chi connectivity index (χ2v) is 10.4. The first kappa shape index (κ1) is 28.5. The Morgan fingerprint density at radius 1 is 1.05 bits per heavy atom. The number of rotatable bonds is 9. The molecular formula is C30H31N5O7. The number of ether oxygens (including phenoxy) is 2. The number of anilines is 1. The van der Waals surface area contributed by atoms with Gasteiger partial charge in [-0.1, -0.05) is 37.1 Å². The van der Waals surface area contributed by atoms with E-state index in [9.17, 15) is 25.0 Å². The van der Waals surface area contributed by atoms with Gasteiger partial charge in [0.05, 0.1) is 23.0 Å². The van der Waals surface area contributed by atoms with E-state index in [0.29, 0.717) is 24.5 Å². The van der Waals surface area contributed by atoms with Crippen LogP contribution in [-0.2, 0) is 11.8 Å². The standard InChI is InChI=1S/C30H31N5O7/c1-41-24-12-10-21(14-17-31-32-26-13-11-22(34(37)38)19-27(26)35(39)40)25(20-24)30-15-6-5-9-28(30)33(18-16-30)29(36)42-23-7-3-2-4-8-23/h2-4,7-8,10-13,17,19-20,28,32H,5-6,9,14-16,18H2,1H3/b31-17+/t28-,30+/m1/s1. The molecule has 1 saturated heterocycles. The zero-order valence-electron chi connectivity index (χ0n) is 23.1.